The van der Waals surface area contributed by atoms with E-state index in [1.54, 1.807) is 0 Å². The van der Waals surface area contributed by atoms with Crippen LogP contribution in [-0.4, -0.2) is 32.7 Å². The van der Waals surface area contributed by atoms with Gasteiger partial charge in [-0.25, -0.2) is 9.99 Å². The van der Waals surface area contributed by atoms with Gasteiger partial charge in [-0.1, -0.05) is 35.9 Å². The van der Waals surface area contributed by atoms with E-state index in [1.807, 2.05) is 55.5 Å². The molecule has 0 saturated heterocycles. The number of amides is 1. The van der Waals surface area contributed by atoms with Crippen LogP contribution in [0, 0.1) is 10.5 Å². The third-order valence-electron chi connectivity index (χ3n) is 5.44. The number of hydrazone groups is 1. The Labute approximate surface area is 204 Å². The molecule has 32 heavy (non-hydrogen) atoms. The van der Waals surface area contributed by atoms with Gasteiger partial charge in [-0.05, 0) is 71.3 Å². The number of hydrogen-bond acceptors (Lipinski definition) is 4. The number of fused-ring (bicyclic) bond motifs is 1. The van der Waals surface area contributed by atoms with Gasteiger partial charge in [-0.15, -0.1) is 0 Å². The normalized spacial score (nSPS) is 15.8. The Hall–Kier alpha value is -2.52. The summed E-state index contributed by atoms with van der Waals surface area (Å²) in [7, 11) is 0. The number of aryl methyl sites for hydroxylation is 1. The molecule has 164 valence electrons. The molecule has 0 bridgehead atoms. The maximum absolute atomic E-state index is 13.0. The van der Waals surface area contributed by atoms with Crippen LogP contribution < -0.4 is 0 Å². The standard InChI is InChI=1S/C24H21ClIN3O3/c1-14-5-6-16-12-18(24(25)27-19(16)11-14)21-13-20(15-7-9-17(26)10-8-15)28-29(21)22(30)3-2-4-23(31)32/h5-12,21H,2-4,13H2,1H3,(H,31,32). The van der Waals surface area contributed by atoms with Gasteiger partial charge in [0.05, 0.1) is 17.3 Å². The van der Waals surface area contributed by atoms with Gasteiger partial charge in [0.15, 0.2) is 0 Å². The summed E-state index contributed by atoms with van der Waals surface area (Å²) in [6.45, 7) is 2.00. The molecule has 2 aromatic carbocycles. The summed E-state index contributed by atoms with van der Waals surface area (Å²) in [4.78, 5) is 28.5. The van der Waals surface area contributed by atoms with Crippen LogP contribution in [0.2, 0.25) is 5.15 Å². The van der Waals surface area contributed by atoms with Crippen molar-refractivity contribution >= 4 is 62.7 Å². The summed E-state index contributed by atoms with van der Waals surface area (Å²) < 4.78 is 1.11. The summed E-state index contributed by atoms with van der Waals surface area (Å²) in [5, 5.41) is 16.3. The predicted molar refractivity (Wildman–Crippen MR) is 133 cm³/mol. The van der Waals surface area contributed by atoms with E-state index in [0.717, 1.165) is 36.9 Å². The number of carbonyl (C=O) groups excluding carboxylic acids is 1. The number of aliphatic carboxylic acids is 1. The van der Waals surface area contributed by atoms with E-state index < -0.39 is 12.0 Å². The molecule has 0 radical (unpaired) electrons. The Morgan fingerprint density at radius 2 is 1.91 bits per heavy atom. The lowest BCUT2D eigenvalue weighted by Gasteiger charge is -2.23. The second-order valence-electron chi connectivity index (χ2n) is 7.82. The van der Waals surface area contributed by atoms with Crippen molar-refractivity contribution < 1.29 is 14.7 Å². The summed E-state index contributed by atoms with van der Waals surface area (Å²) in [6.07, 6.45) is 0.804. The molecule has 1 N–H and O–H groups in total. The lowest BCUT2D eigenvalue weighted by Crippen LogP contribution is -2.27. The van der Waals surface area contributed by atoms with Gasteiger partial charge in [-0.3, -0.25) is 9.59 Å². The molecule has 0 spiro atoms. The van der Waals surface area contributed by atoms with Gasteiger partial charge in [0, 0.05) is 33.8 Å². The molecular formula is C24H21ClIN3O3. The van der Waals surface area contributed by atoms with Crippen LogP contribution in [0.25, 0.3) is 10.9 Å². The zero-order valence-electron chi connectivity index (χ0n) is 17.4. The van der Waals surface area contributed by atoms with Crippen molar-refractivity contribution in [1.82, 2.24) is 9.99 Å². The SMILES string of the molecule is Cc1ccc2cc(C3CC(c4ccc(I)cc4)=NN3C(=O)CCCC(=O)O)c(Cl)nc2c1. The first kappa shape index (κ1) is 22.7. The third kappa shape index (κ3) is 4.94. The molecule has 0 fully saturated rings. The average Bonchev–Trinajstić information content (AvgIpc) is 3.18. The lowest BCUT2D eigenvalue weighted by atomic mass is 9.98. The first-order valence-electron chi connectivity index (χ1n) is 10.3. The Kier molecular flexibility index (Phi) is 6.76. The minimum absolute atomic E-state index is 0.0599. The highest BCUT2D eigenvalue weighted by atomic mass is 127. The van der Waals surface area contributed by atoms with Gasteiger partial charge in [0.25, 0.3) is 0 Å². The number of carboxylic acid groups (broad SMARTS) is 1. The zero-order chi connectivity index (χ0) is 22.8. The van der Waals surface area contributed by atoms with E-state index >= 15 is 0 Å². The summed E-state index contributed by atoms with van der Waals surface area (Å²) in [6, 6.07) is 15.5. The van der Waals surface area contributed by atoms with Crippen LogP contribution in [0.4, 0.5) is 0 Å². The van der Waals surface area contributed by atoms with Crippen molar-refractivity contribution in [2.24, 2.45) is 5.10 Å². The number of rotatable bonds is 6. The van der Waals surface area contributed by atoms with Crippen molar-refractivity contribution in [3.63, 3.8) is 0 Å². The number of carboxylic acids is 1. The third-order valence-corrected chi connectivity index (χ3v) is 6.46. The average molecular weight is 562 g/mol. The van der Waals surface area contributed by atoms with Crippen molar-refractivity contribution in [2.45, 2.75) is 38.6 Å². The van der Waals surface area contributed by atoms with Gasteiger partial charge >= 0.3 is 5.97 Å². The number of nitrogens with zero attached hydrogens (tertiary/aromatic N) is 3. The van der Waals surface area contributed by atoms with Gasteiger partial charge < -0.3 is 5.11 Å². The number of halogens is 2. The Morgan fingerprint density at radius 1 is 1.16 bits per heavy atom. The van der Waals surface area contributed by atoms with E-state index in [0.29, 0.717) is 11.6 Å². The smallest absolute Gasteiger partial charge is 0.303 e. The minimum atomic E-state index is -0.920. The molecule has 1 unspecified atom stereocenters. The fraction of sp³-hybridized carbons (Fsp3) is 0.250. The van der Waals surface area contributed by atoms with E-state index in [-0.39, 0.29) is 25.2 Å². The number of benzene rings is 2. The number of pyridine rings is 1. The molecule has 3 aromatic rings. The maximum Gasteiger partial charge on any atom is 0.303 e. The van der Waals surface area contributed by atoms with E-state index in [9.17, 15) is 9.59 Å². The quantitative estimate of drug-likeness (QED) is 0.308. The first-order chi connectivity index (χ1) is 15.3. The highest BCUT2D eigenvalue weighted by molar-refractivity contribution is 14.1. The van der Waals surface area contributed by atoms with Crippen molar-refractivity contribution in [2.75, 3.05) is 0 Å². The molecule has 1 aromatic heterocycles. The number of carbonyl (C=O) groups is 2. The Balaban J connectivity index is 1.70. The van der Waals surface area contributed by atoms with Crippen LogP contribution in [0.3, 0.4) is 0 Å². The molecule has 2 heterocycles. The van der Waals surface area contributed by atoms with Crippen LogP contribution in [0.5, 0.6) is 0 Å². The van der Waals surface area contributed by atoms with Crippen LogP contribution in [-0.2, 0) is 9.59 Å². The highest BCUT2D eigenvalue weighted by Gasteiger charge is 2.34. The Bertz CT molecular complexity index is 1230. The minimum Gasteiger partial charge on any atom is -0.481 e. The molecule has 1 amide bonds. The van der Waals surface area contributed by atoms with E-state index in [4.69, 9.17) is 16.7 Å². The fourth-order valence-electron chi connectivity index (χ4n) is 3.81. The second-order valence-corrected chi connectivity index (χ2v) is 9.43. The number of aromatic nitrogens is 1. The van der Waals surface area contributed by atoms with Crippen LogP contribution in [0.1, 0.15) is 48.4 Å². The molecule has 0 aliphatic carbocycles. The topological polar surface area (TPSA) is 82.9 Å². The monoisotopic (exact) mass is 561 g/mol. The van der Waals surface area contributed by atoms with Gasteiger partial charge in [0.2, 0.25) is 5.91 Å². The van der Waals surface area contributed by atoms with Crippen molar-refractivity contribution in [3.8, 4) is 0 Å². The summed E-state index contributed by atoms with van der Waals surface area (Å²) in [5.41, 5.74) is 4.36. The predicted octanol–water partition coefficient (Wildman–Crippen LogP) is 5.73. The van der Waals surface area contributed by atoms with Crippen LogP contribution >= 0.6 is 34.2 Å². The highest BCUT2D eigenvalue weighted by Crippen LogP contribution is 2.37. The van der Waals surface area contributed by atoms with Crippen LogP contribution in [0.15, 0.2) is 53.6 Å². The van der Waals surface area contributed by atoms with E-state index in [2.05, 4.69) is 32.7 Å². The zero-order valence-corrected chi connectivity index (χ0v) is 20.3. The van der Waals surface area contributed by atoms with Crippen molar-refractivity contribution in [1.29, 1.82) is 0 Å². The molecule has 0 saturated carbocycles. The molecular weight excluding hydrogens is 541 g/mol. The molecule has 6 nitrogen and oxygen atoms in total. The Morgan fingerprint density at radius 3 is 2.62 bits per heavy atom. The largest absolute Gasteiger partial charge is 0.481 e. The molecule has 1 aliphatic rings. The lowest BCUT2D eigenvalue weighted by molar-refractivity contribution is -0.137. The second kappa shape index (κ2) is 9.54. The van der Waals surface area contributed by atoms with E-state index in [1.165, 1.54) is 5.01 Å². The number of hydrogen-bond donors (Lipinski definition) is 1. The summed E-state index contributed by atoms with van der Waals surface area (Å²) >= 11 is 8.83. The first-order valence-corrected chi connectivity index (χ1v) is 11.7. The molecule has 1 atom stereocenters. The maximum atomic E-state index is 13.0. The summed E-state index contributed by atoms with van der Waals surface area (Å²) in [5.74, 6) is -1.15. The molecule has 1 aliphatic heterocycles. The molecule has 4 rings (SSSR count). The van der Waals surface area contributed by atoms with Gasteiger partial charge in [-0.2, -0.15) is 5.10 Å². The van der Waals surface area contributed by atoms with Gasteiger partial charge in [0.1, 0.15) is 5.15 Å². The fourth-order valence-corrected chi connectivity index (χ4v) is 4.44. The van der Waals surface area contributed by atoms with Crippen molar-refractivity contribution in [3.05, 3.63) is 73.9 Å². The molecule has 8 heteroatoms.